The van der Waals surface area contributed by atoms with Gasteiger partial charge in [0.1, 0.15) is 12.4 Å². The summed E-state index contributed by atoms with van der Waals surface area (Å²) in [7, 11) is 0. The molecule has 0 saturated carbocycles. The zero-order valence-electron chi connectivity index (χ0n) is 14.7. The molecule has 0 radical (unpaired) electrons. The molecule has 0 fully saturated rings. The summed E-state index contributed by atoms with van der Waals surface area (Å²) in [4.78, 5) is 12.4. The maximum absolute atomic E-state index is 12.4. The number of nitrogens with one attached hydrogen (secondary N) is 1. The first kappa shape index (κ1) is 17.7. The van der Waals surface area contributed by atoms with Gasteiger partial charge in [-0.15, -0.1) is 0 Å². The molecule has 0 bridgehead atoms. The Morgan fingerprint density at radius 2 is 1.67 bits per heavy atom. The number of carbonyl (C=O) groups is 1. The van der Waals surface area contributed by atoms with Crippen LogP contribution in [-0.2, 0) is 6.61 Å². The van der Waals surface area contributed by atoms with Crippen molar-refractivity contribution < 1.29 is 9.53 Å². The van der Waals surface area contributed by atoms with Crippen molar-refractivity contribution in [2.75, 3.05) is 0 Å². The van der Waals surface area contributed by atoms with Gasteiger partial charge in [0.05, 0.1) is 5.56 Å². The Labute approximate surface area is 143 Å². The van der Waals surface area contributed by atoms with E-state index in [0.717, 1.165) is 11.3 Å². The van der Waals surface area contributed by atoms with E-state index in [-0.39, 0.29) is 11.3 Å². The molecule has 2 rings (SSSR count). The van der Waals surface area contributed by atoms with E-state index in [0.29, 0.717) is 17.9 Å². The molecule has 0 saturated heterocycles. The smallest absolute Gasteiger partial charge is 0.275 e. The summed E-state index contributed by atoms with van der Waals surface area (Å²) in [5.74, 6) is 0.268. The second kappa shape index (κ2) is 7.77. The third kappa shape index (κ3) is 4.95. The second-order valence-corrected chi connectivity index (χ2v) is 6.66. The number of nitrogens with zero attached hydrogens (tertiary/aromatic N) is 1. The zero-order valence-corrected chi connectivity index (χ0v) is 14.7. The fourth-order valence-electron chi connectivity index (χ4n) is 1.88. The Bertz CT molecular complexity index is 716. The molecule has 1 amide bonds. The monoisotopic (exact) mass is 324 g/mol. The summed E-state index contributed by atoms with van der Waals surface area (Å²) >= 11 is 0. The molecule has 0 unspecified atom stereocenters. The third-order valence-electron chi connectivity index (χ3n) is 3.78. The number of amides is 1. The molecule has 2 aromatic carbocycles. The summed E-state index contributed by atoms with van der Waals surface area (Å²) in [5.41, 5.74) is 4.91. The predicted octanol–water partition coefficient (Wildman–Crippen LogP) is 4.42. The van der Waals surface area contributed by atoms with Gasteiger partial charge in [-0.25, -0.2) is 5.43 Å². The lowest BCUT2D eigenvalue weighted by atomic mass is 9.91. The van der Waals surface area contributed by atoms with Gasteiger partial charge in [-0.2, -0.15) is 5.10 Å². The third-order valence-corrected chi connectivity index (χ3v) is 3.78. The molecule has 1 N–H and O–H groups in total. The Kier molecular flexibility index (Phi) is 5.74. The molecule has 24 heavy (non-hydrogen) atoms. The molecule has 0 aliphatic carbocycles. The van der Waals surface area contributed by atoms with Crippen LogP contribution < -0.4 is 10.2 Å². The van der Waals surface area contributed by atoms with Crippen molar-refractivity contribution in [3.05, 3.63) is 65.7 Å². The lowest BCUT2D eigenvalue weighted by Gasteiger charge is -2.17. The highest BCUT2D eigenvalue weighted by atomic mass is 16.5. The molecule has 4 nitrogen and oxygen atoms in total. The molecule has 2 aromatic rings. The maximum atomic E-state index is 12.4. The summed E-state index contributed by atoms with van der Waals surface area (Å²) < 4.78 is 5.81. The average molecular weight is 324 g/mol. The van der Waals surface area contributed by atoms with Gasteiger partial charge in [-0.05, 0) is 24.6 Å². The Balaban J connectivity index is 2.09. The number of carbonyl (C=O) groups excluding carboxylic acids is 1. The lowest BCUT2D eigenvalue weighted by Crippen LogP contribution is -2.24. The highest BCUT2D eigenvalue weighted by Gasteiger charge is 2.16. The average Bonchev–Trinajstić information content (AvgIpc) is 2.58. The van der Waals surface area contributed by atoms with Crippen LogP contribution in [0.3, 0.4) is 0 Å². The largest absolute Gasteiger partial charge is 0.488 e. The molecule has 0 aliphatic heterocycles. The van der Waals surface area contributed by atoms with Crippen molar-refractivity contribution >= 4 is 11.6 Å². The summed E-state index contributed by atoms with van der Waals surface area (Å²) in [6.45, 7) is 8.46. The number of benzene rings is 2. The van der Waals surface area contributed by atoms with E-state index in [9.17, 15) is 4.79 Å². The van der Waals surface area contributed by atoms with E-state index in [1.807, 2.05) is 49.4 Å². The van der Waals surface area contributed by atoms with Gasteiger partial charge in [-0.3, -0.25) is 4.79 Å². The van der Waals surface area contributed by atoms with E-state index in [1.54, 1.807) is 12.1 Å². The van der Waals surface area contributed by atoms with Gasteiger partial charge < -0.3 is 4.74 Å². The van der Waals surface area contributed by atoms with Crippen molar-refractivity contribution in [1.82, 2.24) is 5.43 Å². The fourth-order valence-corrected chi connectivity index (χ4v) is 1.88. The van der Waals surface area contributed by atoms with Gasteiger partial charge in [0, 0.05) is 11.1 Å². The molecule has 0 atom stereocenters. The number of hydrogen-bond donors (Lipinski definition) is 1. The molecule has 0 spiro atoms. The predicted molar refractivity (Wildman–Crippen MR) is 97.2 cm³/mol. The molecule has 4 heteroatoms. The number of para-hydroxylation sites is 1. The van der Waals surface area contributed by atoms with E-state index < -0.39 is 0 Å². The Hall–Kier alpha value is -2.62. The first-order valence-electron chi connectivity index (χ1n) is 7.99. The van der Waals surface area contributed by atoms with Gasteiger partial charge in [0.15, 0.2) is 0 Å². The summed E-state index contributed by atoms with van der Waals surface area (Å²) in [6, 6.07) is 17.0. The van der Waals surface area contributed by atoms with Crippen molar-refractivity contribution in [3.63, 3.8) is 0 Å². The van der Waals surface area contributed by atoms with Crippen molar-refractivity contribution in [3.8, 4) is 5.75 Å². The normalized spacial score (nSPS) is 11.9. The van der Waals surface area contributed by atoms with Crippen molar-refractivity contribution in [2.24, 2.45) is 10.5 Å². The van der Waals surface area contributed by atoms with E-state index >= 15 is 0 Å². The van der Waals surface area contributed by atoms with Crippen LogP contribution in [0.2, 0.25) is 0 Å². The number of hydrogen-bond acceptors (Lipinski definition) is 3. The van der Waals surface area contributed by atoms with Crippen LogP contribution in [0, 0.1) is 5.41 Å². The first-order valence-corrected chi connectivity index (χ1v) is 7.99. The lowest BCUT2D eigenvalue weighted by molar-refractivity contribution is 0.0950. The van der Waals surface area contributed by atoms with Crippen molar-refractivity contribution in [1.29, 1.82) is 0 Å². The molecule has 126 valence electrons. The van der Waals surface area contributed by atoms with Crippen LogP contribution in [0.25, 0.3) is 0 Å². The molecule has 0 aliphatic rings. The van der Waals surface area contributed by atoms with Crippen LogP contribution in [-0.4, -0.2) is 11.6 Å². The number of rotatable bonds is 5. The quantitative estimate of drug-likeness (QED) is 0.654. The van der Waals surface area contributed by atoms with Crippen molar-refractivity contribution in [2.45, 2.75) is 34.3 Å². The Morgan fingerprint density at radius 3 is 2.33 bits per heavy atom. The molecular weight excluding hydrogens is 300 g/mol. The minimum absolute atomic E-state index is 0.0867. The van der Waals surface area contributed by atoms with Crippen LogP contribution in [0.5, 0.6) is 5.75 Å². The SMILES string of the molecule is C/C(=N\NC(=O)c1ccccc1OCc1ccccc1)C(C)(C)C. The van der Waals surface area contributed by atoms with Gasteiger partial charge in [0.2, 0.25) is 0 Å². The highest BCUT2D eigenvalue weighted by Crippen LogP contribution is 2.20. The first-order chi connectivity index (χ1) is 11.4. The van der Waals surface area contributed by atoms with E-state index in [2.05, 4.69) is 31.3 Å². The maximum Gasteiger partial charge on any atom is 0.275 e. The minimum Gasteiger partial charge on any atom is -0.488 e. The molecular formula is C20H24N2O2. The van der Waals surface area contributed by atoms with Crippen LogP contribution >= 0.6 is 0 Å². The number of ether oxygens (including phenoxy) is 1. The fraction of sp³-hybridized carbons (Fsp3) is 0.300. The molecule has 0 heterocycles. The highest BCUT2D eigenvalue weighted by molar-refractivity contribution is 5.98. The van der Waals surface area contributed by atoms with Crippen LogP contribution in [0.15, 0.2) is 59.7 Å². The Morgan fingerprint density at radius 1 is 1.04 bits per heavy atom. The van der Waals surface area contributed by atoms with Gasteiger partial charge >= 0.3 is 0 Å². The molecule has 0 aromatic heterocycles. The standard InChI is InChI=1S/C20H24N2O2/c1-15(20(2,3)4)21-22-19(23)17-12-8-9-13-18(17)24-14-16-10-6-5-7-11-16/h5-13H,14H2,1-4H3,(H,22,23)/b21-15+. The van der Waals surface area contributed by atoms with E-state index in [1.165, 1.54) is 0 Å². The topological polar surface area (TPSA) is 50.7 Å². The van der Waals surface area contributed by atoms with Gasteiger partial charge in [-0.1, -0.05) is 63.2 Å². The summed E-state index contributed by atoms with van der Waals surface area (Å²) in [6.07, 6.45) is 0. The number of hydrazone groups is 1. The van der Waals surface area contributed by atoms with E-state index in [4.69, 9.17) is 4.74 Å². The summed E-state index contributed by atoms with van der Waals surface area (Å²) in [5, 5.41) is 4.19. The zero-order chi connectivity index (χ0) is 17.6. The second-order valence-electron chi connectivity index (χ2n) is 6.66. The van der Waals surface area contributed by atoms with Crippen LogP contribution in [0.1, 0.15) is 43.6 Å². The van der Waals surface area contributed by atoms with Crippen LogP contribution in [0.4, 0.5) is 0 Å². The van der Waals surface area contributed by atoms with Gasteiger partial charge in [0.25, 0.3) is 5.91 Å². The minimum atomic E-state index is -0.276.